The Morgan fingerprint density at radius 1 is 1.05 bits per heavy atom. The number of hydrogen-bond acceptors (Lipinski definition) is 8. The summed E-state index contributed by atoms with van der Waals surface area (Å²) < 4.78 is 36.7. The van der Waals surface area contributed by atoms with E-state index in [1.807, 2.05) is 49.4 Å². The Kier molecular flexibility index (Phi) is 8.55. The number of rotatable bonds is 10. The Labute approximate surface area is 241 Å². The molecule has 2 aromatic heterocycles. The van der Waals surface area contributed by atoms with Gasteiger partial charge in [-0.25, -0.2) is 18.1 Å². The zero-order valence-electron chi connectivity index (χ0n) is 24.0. The molecule has 5 rings (SSSR count). The summed E-state index contributed by atoms with van der Waals surface area (Å²) in [4.78, 5) is 11.7. The molecule has 2 N–H and O–H groups in total. The molecule has 1 aliphatic heterocycles. The summed E-state index contributed by atoms with van der Waals surface area (Å²) in [6.07, 6.45) is 4.16. The van der Waals surface area contributed by atoms with Crippen molar-refractivity contribution < 1.29 is 13.2 Å². The molecule has 216 valence electrons. The molecule has 41 heavy (non-hydrogen) atoms. The van der Waals surface area contributed by atoms with E-state index in [1.165, 1.54) is 17.1 Å². The fourth-order valence-electron chi connectivity index (χ4n) is 4.98. The van der Waals surface area contributed by atoms with Crippen LogP contribution in [0, 0.1) is 5.92 Å². The molecular formula is C30H37N7O3S. The molecule has 1 saturated heterocycles. The zero-order valence-corrected chi connectivity index (χ0v) is 24.8. The van der Waals surface area contributed by atoms with Crippen LogP contribution in [0.3, 0.4) is 0 Å². The second-order valence-electron chi connectivity index (χ2n) is 10.6. The number of nitrogens with zero attached hydrogens (tertiary/aromatic N) is 5. The van der Waals surface area contributed by atoms with Crippen LogP contribution in [0.15, 0.2) is 65.8 Å². The van der Waals surface area contributed by atoms with E-state index in [1.54, 1.807) is 7.05 Å². The molecule has 0 saturated carbocycles. The highest BCUT2D eigenvalue weighted by atomic mass is 32.2. The number of benzene rings is 2. The van der Waals surface area contributed by atoms with Crippen molar-refractivity contribution in [2.24, 2.45) is 13.0 Å². The van der Waals surface area contributed by atoms with Gasteiger partial charge >= 0.3 is 0 Å². The third-order valence-corrected chi connectivity index (χ3v) is 8.26. The normalized spacial score (nSPS) is 13.9. The van der Waals surface area contributed by atoms with E-state index < -0.39 is 10.0 Å². The van der Waals surface area contributed by atoms with E-state index >= 15 is 0 Å². The molecule has 1 fully saturated rings. The first kappa shape index (κ1) is 28.6. The van der Waals surface area contributed by atoms with Gasteiger partial charge in [0, 0.05) is 56.2 Å². The molecule has 10 nitrogen and oxygen atoms in total. The lowest BCUT2D eigenvalue weighted by molar-refractivity contribution is 0.456. The van der Waals surface area contributed by atoms with Crippen molar-refractivity contribution in [3.8, 4) is 22.9 Å². The molecular weight excluding hydrogens is 538 g/mol. The molecule has 0 radical (unpaired) electrons. The van der Waals surface area contributed by atoms with Crippen LogP contribution in [0.5, 0.6) is 11.6 Å². The van der Waals surface area contributed by atoms with Gasteiger partial charge in [-0.15, -0.1) is 0 Å². The minimum absolute atomic E-state index is 0.0240. The SMILES string of the molecule is CCc1c(Oc2ccc(N3CCNCC3)cc2)nc(NS(=O)(=O)c2cnn(C)c2)nc1-c1ccccc1CC(C)C. The molecule has 1 aliphatic rings. The van der Waals surface area contributed by atoms with Crippen molar-refractivity contribution in [3.05, 3.63) is 72.1 Å². The fraction of sp³-hybridized carbons (Fsp3) is 0.367. The monoisotopic (exact) mass is 575 g/mol. The van der Waals surface area contributed by atoms with Gasteiger partial charge in [-0.05, 0) is 48.6 Å². The van der Waals surface area contributed by atoms with Gasteiger partial charge in [0.05, 0.1) is 11.9 Å². The standard InChI is InChI=1S/C30H37N7O3S/c1-5-26-28(27-9-7-6-8-22(27)18-21(2)3)33-30(35-41(38,39)25-19-32-36(4)20-25)34-29(26)40-24-12-10-23(11-13-24)37-16-14-31-15-17-37/h6-13,19-21,31H,5,14-18H2,1-4H3,(H,33,34,35). The van der Waals surface area contributed by atoms with Crippen LogP contribution >= 0.6 is 0 Å². The first-order valence-electron chi connectivity index (χ1n) is 14.0. The Morgan fingerprint density at radius 2 is 1.78 bits per heavy atom. The second kappa shape index (κ2) is 12.3. The number of aromatic nitrogens is 4. The van der Waals surface area contributed by atoms with Crippen LogP contribution < -0.4 is 19.7 Å². The first-order valence-corrected chi connectivity index (χ1v) is 15.5. The molecule has 0 aliphatic carbocycles. The van der Waals surface area contributed by atoms with E-state index in [0.717, 1.165) is 55.0 Å². The van der Waals surface area contributed by atoms with E-state index in [4.69, 9.17) is 9.72 Å². The maximum Gasteiger partial charge on any atom is 0.267 e. The van der Waals surface area contributed by atoms with Gasteiger partial charge in [0.1, 0.15) is 10.6 Å². The molecule has 11 heteroatoms. The van der Waals surface area contributed by atoms with Gasteiger partial charge in [0.15, 0.2) is 0 Å². The molecule has 0 unspecified atom stereocenters. The topological polar surface area (TPSA) is 114 Å². The predicted octanol–water partition coefficient (Wildman–Crippen LogP) is 4.64. The summed E-state index contributed by atoms with van der Waals surface area (Å²) in [5, 5.41) is 7.37. The van der Waals surface area contributed by atoms with Gasteiger partial charge in [0.2, 0.25) is 11.8 Å². The summed E-state index contributed by atoms with van der Waals surface area (Å²) in [5.41, 5.74) is 4.64. The fourth-order valence-corrected chi connectivity index (χ4v) is 5.91. The minimum Gasteiger partial charge on any atom is -0.439 e. The quantitative estimate of drug-likeness (QED) is 0.281. The van der Waals surface area contributed by atoms with Crippen molar-refractivity contribution in [1.29, 1.82) is 0 Å². The number of ether oxygens (including phenoxy) is 1. The molecule has 3 heterocycles. The lowest BCUT2D eigenvalue weighted by Crippen LogP contribution is -2.43. The summed E-state index contributed by atoms with van der Waals surface area (Å²) in [6, 6.07) is 16.0. The van der Waals surface area contributed by atoms with E-state index in [-0.39, 0.29) is 10.8 Å². The highest BCUT2D eigenvalue weighted by molar-refractivity contribution is 7.92. The highest BCUT2D eigenvalue weighted by Gasteiger charge is 2.23. The van der Waals surface area contributed by atoms with Crippen molar-refractivity contribution in [1.82, 2.24) is 25.1 Å². The number of piperazine rings is 1. The van der Waals surface area contributed by atoms with Crippen LogP contribution in [-0.2, 0) is 29.9 Å². The van der Waals surface area contributed by atoms with Crippen molar-refractivity contribution in [2.45, 2.75) is 38.5 Å². The molecule has 2 aromatic carbocycles. The average molecular weight is 576 g/mol. The smallest absolute Gasteiger partial charge is 0.267 e. The maximum atomic E-state index is 13.2. The zero-order chi connectivity index (χ0) is 29.0. The summed E-state index contributed by atoms with van der Waals surface area (Å²) >= 11 is 0. The van der Waals surface area contributed by atoms with Crippen LogP contribution in [0.4, 0.5) is 11.6 Å². The lowest BCUT2D eigenvalue weighted by Gasteiger charge is -2.29. The maximum absolute atomic E-state index is 13.2. The van der Waals surface area contributed by atoms with E-state index in [9.17, 15) is 8.42 Å². The van der Waals surface area contributed by atoms with Crippen molar-refractivity contribution in [2.75, 3.05) is 35.8 Å². The average Bonchev–Trinajstić information content (AvgIpc) is 3.41. The number of anilines is 2. The lowest BCUT2D eigenvalue weighted by atomic mass is 9.94. The van der Waals surface area contributed by atoms with Gasteiger partial charge in [0.25, 0.3) is 10.0 Å². The van der Waals surface area contributed by atoms with Gasteiger partial charge < -0.3 is 15.0 Å². The first-order chi connectivity index (χ1) is 19.7. The number of nitrogens with one attached hydrogen (secondary N) is 2. The Hall–Kier alpha value is -3.96. The van der Waals surface area contributed by atoms with E-state index in [0.29, 0.717) is 29.7 Å². The number of sulfonamides is 1. The number of aryl methyl sites for hydroxylation is 1. The highest BCUT2D eigenvalue weighted by Crippen LogP contribution is 2.35. The van der Waals surface area contributed by atoms with E-state index in [2.05, 4.69) is 44.9 Å². The Balaban J connectivity index is 1.56. The summed E-state index contributed by atoms with van der Waals surface area (Å²) in [7, 11) is -2.31. The predicted molar refractivity (Wildman–Crippen MR) is 161 cm³/mol. The van der Waals surface area contributed by atoms with Gasteiger partial charge in [-0.3, -0.25) is 4.68 Å². The third-order valence-electron chi connectivity index (χ3n) is 6.97. The van der Waals surface area contributed by atoms with Crippen LogP contribution in [0.25, 0.3) is 11.3 Å². The largest absolute Gasteiger partial charge is 0.439 e. The van der Waals surface area contributed by atoms with Crippen LogP contribution in [0.1, 0.15) is 31.9 Å². The molecule has 0 bridgehead atoms. The summed E-state index contributed by atoms with van der Waals surface area (Å²) in [5.74, 6) is 1.29. The van der Waals surface area contributed by atoms with Crippen molar-refractivity contribution >= 4 is 21.7 Å². The van der Waals surface area contributed by atoms with Gasteiger partial charge in [-0.2, -0.15) is 10.1 Å². The molecule has 0 amide bonds. The third kappa shape index (κ3) is 6.68. The second-order valence-corrected chi connectivity index (χ2v) is 12.3. The molecule has 0 atom stereocenters. The van der Waals surface area contributed by atoms with Crippen LogP contribution in [-0.4, -0.2) is 54.3 Å². The summed E-state index contributed by atoms with van der Waals surface area (Å²) in [6.45, 7) is 10.2. The molecule has 4 aromatic rings. The Bertz CT molecular complexity index is 1590. The molecule has 0 spiro atoms. The van der Waals surface area contributed by atoms with Crippen LogP contribution in [0.2, 0.25) is 0 Å². The van der Waals surface area contributed by atoms with Crippen molar-refractivity contribution in [3.63, 3.8) is 0 Å². The van der Waals surface area contributed by atoms with Gasteiger partial charge in [-0.1, -0.05) is 45.0 Å². The minimum atomic E-state index is -3.97. The number of hydrogen-bond donors (Lipinski definition) is 2. The Morgan fingerprint density at radius 3 is 2.44 bits per heavy atom.